The van der Waals surface area contributed by atoms with Crippen molar-refractivity contribution in [3.05, 3.63) is 76.4 Å². The number of hydrogen-bond acceptors (Lipinski definition) is 8. The molecule has 2 fully saturated rings. The molecule has 2 aromatic heterocycles. The molecule has 4 atom stereocenters. The normalized spacial score (nSPS) is 22.9. The second-order valence-electron chi connectivity index (χ2n) is 13.1. The standard InChI is InChI=1S/C35H42N4O8/c1-22-24-11-4-6-14-27(24)47-30(22)32(43)36-25(12-5-7-15-29(41)46-3)31(42)37-26-13-9-17-39(33(26)44)20-28(40)38-35-16-8-10-23(19-35)18-34(2,45)21-35/h4,6-7,9,11,13-15,17,23,25,45H,5,8,10,12,16,18-21H2,1-3H3,(H,36,43)(H,37,42)(H,38,40)/b15-7+/t23?,25-,34?,35?/m0/s1. The molecule has 2 bridgehead atoms. The van der Waals surface area contributed by atoms with Crippen molar-refractivity contribution >= 4 is 40.3 Å². The van der Waals surface area contributed by atoms with Gasteiger partial charge in [0.1, 0.15) is 23.9 Å². The maximum Gasteiger partial charge on any atom is 0.330 e. The number of aryl methyl sites for hydroxylation is 1. The Morgan fingerprint density at radius 3 is 2.72 bits per heavy atom. The third-order valence-electron chi connectivity index (χ3n) is 9.14. The molecule has 2 aliphatic rings. The average molecular weight is 647 g/mol. The summed E-state index contributed by atoms with van der Waals surface area (Å²) < 4.78 is 11.6. The van der Waals surface area contributed by atoms with Crippen LogP contribution in [0.3, 0.4) is 0 Å². The van der Waals surface area contributed by atoms with E-state index in [2.05, 4.69) is 20.7 Å². The van der Waals surface area contributed by atoms with Crippen LogP contribution in [0.1, 0.15) is 74.4 Å². The van der Waals surface area contributed by atoms with Gasteiger partial charge in [-0.2, -0.15) is 0 Å². The van der Waals surface area contributed by atoms with Crippen molar-refractivity contribution in [2.45, 2.75) is 88.9 Å². The van der Waals surface area contributed by atoms with Crippen LogP contribution in [-0.2, 0) is 25.7 Å². The van der Waals surface area contributed by atoms with E-state index in [1.54, 1.807) is 25.1 Å². The van der Waals surface area contributed by atoms with Gasteiger partial charge < -0.3 is 34.8 Å². The third kappa shape index (κ3) is 7.99. The Morgan fingerprint density at radius 2 is 1.96 bits per heavy atom. The lowest BCUT2D eigenvalue weighted by molar-refractivity contribution is -0.135. The monoisotopic (exact) mass is 646 g/mol. The summed E-state index contributed by atoms with van der Waals surface area (Å²) in [4.78, 5) is 64.9. The first-order chi connectivity index (χ1) is 22.4. The molecule has 12 heteroatoms. The molecule has 0 radical (unpaired) electrons. The van der Waals surface area contributed by atoms with Gasteiger partial charge in [-0.25, -0.2) is 4.79 Å². The molecular formula is C35H42N4O8. The van der Waals surface area contributed by atoms with Gasteiger partial charge >= 0.3 is 5.97 Å². The van der Waals surface area contributed by atoms with Crippen molar-refractivity contribution in [2.75, 3.05) is 12.4 Å². The predicted octanol–water partition coefficient (Wildman–Crippen LogP) is 3.74. The van der Waals surface area contributed by atoms with E-state index in [1.807, 2.05) is 19.1 Å². The molecule has 2 aliphatic carbocycles. The fraction of sp³-hybridized carbons (Fsp3) is 0.457. The number of aromatic nitrogens is 1. The summed E-state index contributed by atoms with van der Waals surface area (Å²) in [6.07, 6.45) is 9.29. The SMILES string of the molecule is COC(=O)/C=C/CC[C@H](NC(=O)c1oc2ccccc2c1C)C(=O)Nc1cccn(CC(=O)NC23CCCC(CC(C)(O)C2)C3)c1=O. The van der Waals surface area contributed by atoms with Crippen LogP contribution in [0.5, 0.6) is 0 Å². The minimum absolute atomic E-state index is 0.0606. The van der Waals surface area contributed by atoms with E-state index in [1.165, 1.54) is 36.1 Å². The van der Waals surface area contributed by atoms with Gasteiger partial charge in [0, 0.05) is 28.8 Å². The number of ether oxygens (including phenoxy) is 1. The Bertz CT molecular complexity index is 1760. The van der Waals surface area contributed by atoms with Crippen LogP contribution in [-0.4, -0.2) is 57.7 Å². The molecule has 2 saturated carbocycles. The van der Waals surface area contributed by atoms with Gasteiger partial charge in [0.2, 0.25) is 11.8 Å². The van der Waals surface area contributed by atoms with E-state index in [0.29, 0.717) is 29.9 Å². The van der Waals surface area contributed by atoms with Crippen LogP contribution in [0.15, 0.2) is 64.0 Å². The summed E-state index contributed by atoms with van der Waals surface area (Å²) in [6, 6.07) is 9.07. The van der Waals surface area contributed by atoms with Gasteiger partial charge in [0.25, 0.3) is 11.5 Å². The zero-order valence-electron chi connectivity index (χ0n) is 27.0. The zero-order valence-corrected chi connectivity index (χ0v) is 27.0. The van der Waals surface area contributed by atoms with Crippen LogP contribution in [0.25, 0.3) is 11.0 Å². The third-order valence-corrected chi connectivity index (χ3v) is 9.14. The molecule has 12 nitrogen and oxygen atoms in total. The highest BCUT2D eigenvalue weighted by atomic mass is 16.5. The number of anilines is 1. The van der Waals surface area contributed by atoms with Gasteiger partial charge in [-0.3, -0.25) is 19.2 Å². The highest BCUT2D eigenvalue weighted by Gasteiger charge is 2.48. The van der Waals surface area contributed by atoms with Crippen molar-refractivity contribution in [1.29, 1.82) is 0 Å². The molecule has 0 spiro atoms. The van der Waals surface area contributed by atoms with Gasteiger partial charge in [-0.1, -0.05) is 37.1 Å². The number of nitrogens with one attached hydrogen (secondary N) is 3. The number of fused-ring (bicyclic) bond motifs is 3. The summed E-state index contributed by atoms with van der Waals surface area (Å²) in [6.45, 7) is 3.30. The fourth-order valence-electron chi connectivity index (χ4n) is 7.26. The lowest BCUT2D eigenvalue weighted by atomic mass is 9.62. The first-order valence-electron chi connectivity index (χ1n) is 16.0. The van der Waals surface area contributed by atoms with Crippen LogP contribution < -0.4 is 21.5 Å². The van der Waals surface area contributed by atoms with Gasteiger partial charge in [0.05, 0.1) is 12.7 Å². The number of allylic oxidation sites excluding steroid dienone is 1. The number of aliphatic hydroxyl groups is 1. The first kappa shape index (κ1) is 33.6. The van der Waals surface area contributed by atoms with E-state index in [9.17, 15) is 29.1 Å². The minimum atomic E-state index is -1.11. The molecule has 2 heterocycles. The molecule has 3 unspecified atom stereocenters. The Labute approximate surface area is 272 Å². The number of nitrogens with zero attached hydrogens (tertiary/aromatic N) is 1. The minimum Gasteiger partial charge on any atom is -0.466 e. The molecule has 1 aromatic carbocycles. The summed E-state index contributed by atoms with van der Waals surface area (Å²) in [5, 5.41) is 20.0. The van der Waals surface area contributed by atoms with Crippen molar-refractivity contribution in [3.63, 3.8) is 0 Å². The number of rotatable bonds is 11. The number of furan rings is 1. The fourth-order valence-corrected chi connectivity index (χ4v) is 7.26. The number of methoxy groups -OCH3 is 1. The molecule has 47 heavy (non-hydrogen) atoms. The Hall–Kier alpha value is -4.71. The first-order valence-corrected chi connectivity index (χ1v) is 16.0. The highest BCUT2D eigenvalue weighted by molar-refractivity contribution is 6.03. The topological polar surface area (TPSA) is 169 Å². The number of carbonyl (C=O) groups is 4. The summed E-state index contributed by atoms with van der Waals surface area (Å²) >= 11 is 0. The summed E-state index contributed by atoms with van der Waals surface area (Å²) in [5.41, 5.74) is -0.874. The quantitative estimate of drug-likeness (QED) is 0.180. The maximum atomic E-state index is 13.5. The van der Waals surface area contributed by atoms with Crippen molar-refractivity contribution in [2.24, 2.45) is 5.92 Å². The van der Waals surface area contributed by atoms with Crippen molar-refractivity contribution < 1.29 is 33.4 Å². The number of hydrogen-bond donors (Lipinski definition) is 4. The molecule has 3 aromatic rings. The number of esters is 1. The smallest absolute Gasteiger partial charge is 0.330 e. The molecule has 3 amide bonds. The number of pyridine rings is 1. The molecule has 250 valence electrons. The van der Waals surface area contributed by atoms with E-state index < -0.39 is 40.5 Å². The van der Waals surface area contributed by atoms with E-state index >= 15 is 0 Å². The van der Waals surface area contributed by atoms with Gasteiger partial charge in [-0.15, -0.1) is 0 Å². The van der Waals surface area contributed by atoms with Crippen LogP contribution in [0, 0.1) is 12.8 Å². The number of amides is 3. The predicted molar refractivity (Wildman–Crippen MR) is 175 cm³/mol. The van der Waals surface area contributed by atoms with Gasteiger partial charge in [0.15, 0.2) is 5.76 Å². The second kappa shape index (κ2) is 14.0. The molecule has 0 aliphatic heterocycles. The lowest BCUT2D eigenvalue weighted by Gasteiger charge is -2.51. The lowest BCUT2D eigenvalue weighted by Crippen LogP contribution is -2.59. The van der Waals surface area contributed by atoms with Crippen LogP contribution >= 0.6 is 0 Å². The number of para-hydroxylation sites is 1. The molecule has 4 N–H and O–H groups in total. The number of benzene rings is 1. The Kier molecular flexibility index (Phi) is 9.99. The second-order valence-corrected chi connectivity index (χ2v) is 13.1. The Morgan fingerprint density at radius 1 is 1.17 bits per heavy atom. The highest BCUT2D eigenvalue weighted by Crippen LogP contribution is 2.46. The Balaban J connectivity index is 1.29. The maximum absolute atomic E-state index is 13.5. The summed E-state index contributed by atoms with van der Waals surface area (Å²) in [5.74, 6) is -1.77. The van der Waals surface area contributed by atoms with E-state index in [0.717, 1.165) is 31.1 Å². The van der Waals surface area contributed by atoms with E-state index in [-0.39, 0.29) is 36.7 Å². The molecule has 0 saturated heterocycles. The van der Waals surface area contributed by atoms with Crippen LogP contribution in [0.2, 0.25) is 0 Å². The zero-order chi connectivity index (χ0) is 33.8. The van der Waals surface area contributed by atoms with Crippen molar-refractivity contribution in [1.82, 2.24) is 15.2 Å². The van der Waals surface area contributed by atoms with E-state index in [4.69, 9.17) is 4.42 Å². The number of carbonyl (C=O) groups excluding carboxylic acids is 4. The summed E-state index contributed by atoms with van der Waals surface area (Å²) in [7, 11) is 1.25. The van der Waals surface area contributed by atoms with Gasteiger partial charge in [-0.05, 0) is 76.5 Å². The molecular weight excluding hydrogens is 604 g/mol. The van der Waals surface area contributed by atoms with Crippen molar-refractivity contribution in [3.8, 4) is 0 Å². The average Bonchev–Trinajstić information content (AvgIpc) is 3.35. The molecule has 5 rings (SSSR count). The largest absolute Gasteiger partial charge is 0.466 e. The van der Waals surface area contributed by atoms with Crippen LogP contribution in [0.4, 0.5) is 5.69 Å².